The standard InChI is InChI=1S/C26H24N2O2S2/c1-17(19-10-4-2-5-11-19)24(29)27-23(20-12-6-3-7-13-20)21-14-8-9-18(15-21)16-22-25(30)28-26(31)32-22/h2-15,17,22-23H,16H2,1H3,(H,27,29)(H,28,30,31). The van der Waals surface area contributed by atoms with Crippen molar-refractivity contribution in [3.63, 3.8) is 0 Å². The Hall–Kier alpha value is -2.96. The van der Waals surface area contributed by atoms with Crippen LogP contribution in [0, 0.1) is 0 Å². The molecule has 3 aromatic carbocycles. The smallest absolute Gasteiger partial charge is 0.239 e. The molecule has 0 radical (unpaired) electrons. The van der Waals surface area contributed by atoms with E-state index < -0.39 is 0 Å². The molecule has 0 aliphatic carbocycles. The van der Waals surface area contributed by atoms with Gasteiger partial charge in [-0.15, -0.1) is 0 Å². The van der Waals surface area contributed by atoms with Crippen LogP contribution in [0.25, 0.3) is 0 Å². The number of benzene rings is 3. The van der Waals surface area contributed by atoms with E-state index in [1.807, 2.05) is 85.8 Å². The fourth-order valence-electron chi connectivity index (χ4n) is 3.81. The topological polar surface area (TPSA) is 58.2 Å². The van der Waals surface area contributed by atoms with E-state index in [1.165, 1.54) is 11.8 Å². The molecular weight excluding hydrogens is 436 g/mol. The van der Waals surface area contributed by atoms with Gasteiger partial charge in [0, 0.05) is 0 Å². The summed E-state index contributed by atoms with van der Waals surface area (Å²) in [5.41, 5.74) is 4.00. The summed E-state index contributed by atoms with van der Waals surface area (Å²) in [5, 5.41) is 5.72. The second-order valence-corrected chi connectivity index (χ2v) is 9.70. The maximum atomic E-state index is 13.2. The molecule has 0 saturated carbocycles. The lowest BCUT2D eigenvalue weighted by Crippen LogP contribution is -2.32. The first kappa shape index (κ1) is 22.2. The normalized spacial score (nSPS) is 17.5. The first-order valence-corrected chi connectivity index (χ1v) is 11.8. The molecule has 1 aliphatic rings. The van der Waals surface area contributed by atoms with Crippen molar-refractivity contribution in [2.45, 2.75) is 30.6 Å². The molecule has 2 amide bonds. The number of carbonyl (C=O) groups excluding carboxylic acids is 2. The van der Waals surface area contributed by atoms with Gasteiger partial charge in [-0.1, -0.05) is 109 Å². The predicted octanol–water partition coefficient (Wildman–Crippen LogP) is 4.75. The van der Waals surface area contributed by atoms with Crippen LogP contribution in [0.15, 0.2) is 84.9 Å². The molecule has 1 heterocycles. The molecule has 0 spiro atoms. The summed E-state index contributed by atoms with van der Waals surface area (Å²) in [6, 6.07) is 27.5. The largest absolute Gasteiger partial charge is 0.345 e. The van der Waals surface area contributed by atoms with E-state index in [9.17, 15) is 9.59 Å². The van der Waals surface area contributed by atoms with Crippen molar-refractivity contribution in [3.05, 3.63) is 107 Å². The van der Waals surface area contributed by atoms with E-state index in [1.54, 1.807) is 0 Å². The van der Waals surface area contributed by atoms with Crippen LogP contribution >= 0.6 is 24.0 Å². The van der Waals surface area contributed by atoms with Gasteiger partial charge in [0.1, 0.15) is 4.32 Å². The third kappa shape index (κ3) is 5.26. The van der Waals surface area contributed by atoms with Gasteiger partial charge in [-0.2, -0.15) is 0 Å². The van der Waals surface area contributed by atoms with Gasteiger partial charge in [0.05, 0.1) is 17.2 Å². The Balaban J connectivity index is 1.59. The number of amides is 2. The summed E-state index contributed by atoms with van der Waals surface area (Å²) in [4.78, 5) is 25.3. The highest BCUT2D eigenvalue weighted by Crippen LogP contribution is 2.28. The van der Waals surface area contributed by atoms with Crippen molar-refractivity contribution in [1.29, 1.82) is 0 Å². The molecule has 1 fully saturated rings. The quantitative estimate of drug-likeness (QED) is 0.500. The molecule has 3 atom stereocenters. The van der Waals surface area contributed by atoms with Crippen molar-refractivity contribution < 1.29 is 9.59 Å². The minimum Gasteiger partial charge on any atom is -0.345 e. The second kappa shape index (κ2) is 10.1. The predicted molar refractivity (Wildman–Crippen MR) is 134 cm³/mol. The zero-order valence-corrected chi connectivity index (χ0v) is 19.3. The van der Waals surface area contributed by atoms with Crippen LogP contribution in [0.5, 0.6) is 0 Å². The number of rotatable bonds is 7. The van der Waals surface area contributed by atoms with Crippen LogP contribution in [-0.2, 0) is 16.0 Å². The monoisotopic (exact) mass is 460 g/mol. The average molecular weight is 461 g/mol. The van der Waals surface area contributed by atoms with Crippen LogP contribution in [0.3, 0.4) is 0 Å². The van der Waals surface area contributed by atoms with Crippen LogP contribution in [0.2, 0.25) is 0 Å². The van der Waals surface area contributed by atoms with E-state index >= 15 is 0 Å². The summed E-state index contributed by atoms with van der Waals surface area (Å²) >= 11 is 6.51. The van der Waals surface area contributed by atoms with Gasteiger partial charge in [-0.3, -0.25) is 9.59 Å². The Labute approximate surface area is 197 Å². The third-order valence-electron chi connectivity index (χ3n) is 5.58. The van der Waals surface area contributed by atoms with Crippen molar-refractivity contribution in [2.75, 3.05) is 0 Å². The molecule has 1 saturated heterocycles. The van der Waals surface area contributed by atoms with Crippen molar-refractivity contribution in [3.8, 4) is 0 Å². The SMILES string of the molecule is CC(C(=O)NC(c1ccccc1)c1cccc(CC2SC(=S)NC2=O)c1)c1ccccc1. The van der Waals surface area contributed by atoms with E-state index in [0.29, 0.717) is 10.7 Å². The maximum absolute atomic E-state index is 13.2. The molecule has 32 heavy (non-hydrogen) atoms. The second-order valence-electron chi connectivity index (χ2n) is 7.82. The molecular formula is C26H24N2O2S2. The summed E-state index contributed by atoms with van der Waals surface area (Å²) < 4.78 is 0.528. The fourth-order valence-corrected chi connectivity index (χ4v) is 5.12. The third-order valence-corrected chi connectivity index (χ3v) is 6.96. The highest BCUT2D eigenvalue weighted by atomic mass is 32.2. The summed E-state index contributed by atoms with van der Waals surface area (Å²) in [6.07, 6.45) is 0.584. The first-order valence-electron chi connectivity index (χ1n) is 10.5. The van der Waals surface area contributed by atoms with Gasteiger partial charge in [-0.25, -0.2) is 0 Å². The molecule has 162 valence electrons. The van der Waals surface area contributed by atoms with Gasteiger partial charge in [0.15, 0.2) is 0 Å². The Bertz CT molecular complexity index is 1120. The van der Waals surface area contributed by atoms with Gasteiger partial charge in [0.2, 0.25) is 11.8 Å². The molecule has 2 N–H and O–H groups in total. The molecule has 6 heteroatoms. The van der Waals surface area contributed by atoms with Crippen molar-refractivity contribution >= 4 is 40.1 Å². The number of carbonyl (C=O) groups is 2. The van der Waals surface area contributed by atoms with Crippen molar-refractivity contribution in [1.82, 2.24) is 10.6 Å². The molecule has 4 rings (SSSR count). The summed E-state index contributed by atoms with van der Waals surface area (Å²) in [5.74, 6) is -0.355. The summed E-state index contributed by atoms with van der Waals surface area (Å²) in [7, 11) is 0. The van der Waals surface area contributed by atoms with E-state index in [-0.39, 0.29) is 29.0 Å². The number of thioether (sulfide) groups is 1. The highest BCUT2D eigenvalue weighted by molar-refractivity contribution is 8.24. The zero-order valence-electron chi connectivity index (χ0n) is 17.7. The Kier molecular flexibility index (Phi) is 7.02. The van der Waals surface area contributed by atoms with E-state index in [0.717, 1.165) is 22.3 Å². The van der Waals surface area contributed by atoms with Gasteiger partial charge < -0.3 is 10.6 Å². The number of thiocarbonyl (C=S) groups is 1. The number of hydrogen-bond acceptors (Lipinski definition) is 4. The van der Waals surface area contributed by atoms with E-state index in [2.05, 4.69) is 16.7 Å². The number of hydrogen-bond donors (Lipinski definition) is 2. The zero-order chi connectivity index (χ0) is 22.5. The van der Waals surface area contributed by atoms with Crippen LogP contribution in [0.1, 0.15) is 41.1 Å². The number of nitrogens with one attached hydrogen (secondary N) is 2. The molecule has 0 bridgehead atoms. The molecule has 0 aromatic heterocycles. The fraction of sp³-hybridized carbons (Fsp3) is 0.192. The minimum absolute atomic E-state index is 0.0356. The van der Waals surface area contributed by atoms with E-state index in [4.69, 9.17) is 12.2 Å². The Morgan fingerprint density at radius 1 is 0.969 bits per heavy atom. The van der Waals surface area contributed by atoms with Gasteiger partial charge in [-0.05, 0) is 35.6 Å². The van der Waals surface area contributed by atoms with Crippen LogP contribution < -0.4 is 10.6 Å². The lowest BCUT2D eigenvalue weighted by atomic mass is 9.94. The molecule has 4 nitrogen and oxygen atoms in total. The van der Waals surface area contributed by atoms with Gasteiger partial charge >= 0.3 is 0 Å². The molecule has 3 unspecified atom stereocenters. The van der Waals surface area contributed by atoms with Gasteiger partial charge in [0.25, 0.3) is 0 Å². The van der Waals surface area contributed by atoms with Crippen molar-refractivity contribution in [2.24, 2.45) is 0 Å². The van der Waals surface area contributed by atoms with Crippen LogP contribution in [-0.4, -0.2) is 21.4 Å². The minimum atomic E-state index is -0.291. The summed E-state index contributed by atoms with van der Waals surface area (Å²) in [6.45, 7) is 1.92. The average Bonchev–Trinajstić information content (AvgIpc) is 3.14. The Morgan fingerprint density at radius 2 is 1.59 bits per heavy atom. The maximum Gasteiger partial charge on any atom is 0.239 e. The Morgan fingerprint density at radius 3 is 2.22 bits per heavy atom. The molecule has 3 aromatic rings. The lowest BCUT2D eigenvalue weighted by Gasteiger charge is -2.23. The molecule has 1 aliphatic heterocycles. The first-order chi connectivity index (χ1) is 15.5. The highest BCUT2D eigenvalue weighted by Gasteiger charge is 2.29. The van der Waals surface area contributed by atoms with Crippen LogP contribution in [0.4, 0.5) is 0 Å². The lowest BCUT2D eigenvalue weighted by molar-refractivity contribution is -0.122.